The number of rotatable bonds is 1. The van der Waals surface area contributed by atoms with Gasteiger partial charge in [0, 0.05) is 6.08 Å². The minimum absolute atomic E-state index is 0.577. The van der Waals surface area contributed by atoms with Gasteiger partial charge in [-0.2, -0.15) is 0 Å². The summed E-state index contributed by atoms with van der Waals surface area (Å²) in [4.78, 5) is 0. The van der Waals surface area contributed by atoms with Crippen LogP contribution < -0.4 is 0 Å². The SMILES string of the molecule is CC(C)(O)C#CC=C(F)B1OC(C)(C)C(C)(C)O1. The molecule has 0 radical (unpaired) electrons. The molecule has 1 rings (SSSR count). The first-order valence-corrected chi connectivity index (χ1v) is 5.91. The summed E-state index contributed by atoms with van der Waals surface area (Å²) >= 11 is 0. The van der Waals surface area contributed by atoms with Crippen molar-refractivity contribution < 1.29 is 18.8 Å². The van der Waals surface area contributed by atoms with Gasteiger partial charge in [-0.15, -0.1) is 0 Å². The van der Waals surface area contributed by atoms with Crippen LogP contribution in [0.3, 0.4) is 0 Å². The lowest BCUT2D eigenvalue weighted by atomic mass is 9.88. The molecule has 0 aliphatic carbocycles. The molecule has 0 aromatic rings. The van der Waals surface area contributed by atoms with Gasteiger partial charge in [0.25, 0.3) is 0 Å². The molecule has 0 unspecified atom stereocenters. The third-order valence-corrected chi connectivity index (χ3v) is 3.07. The van der Waals surface area contributed by atoms with E-state index in [4.69, 9.17) is 9.31 Å². The van der Waals surface area contributed by atoms with E-state index in [2.05, 4.69) is 11.8 Å². The molecule has 0 aromatic heterocycles. The smallest absolute Gasteiger partial charge is 0.398 e. The summed E-state index contributed by atoms with van der Waals surface area (Å²) in [5.41, 5.74) is -2.89. The standard InChI is InChI=1S/C13H20BFO3/c1-11(2,16)9-7-8-10(15)14-17-12(3,4)13(5,6)18-14/h8,16H,1-6H3. The molecule has 5 heteroatoms. The van der Waals surface area contributed by atoms with Gasteiger partial charge < -0.3 is 14.4 Å². The van der Waals surface area contributed by atoms with Gasteiger partial charge in [-0.1, -0.05) is 11.8 Å². The molecule has 18 heavy (non-hydrogen) atoms. The van der Waals surface area contributed by atoms with E-state index in [1.165, 1.54) is 13.8 Å². The van der Waals surface area contributed by atoms with E-state index < -0.39 is 29.6 Å². The molecule has 0 amide bonds. The van der Waals surface area contributed by atoms with Crippen LogP contribution in [0.5, 0.6) is 0 Å². The average molecular weight is 254 g/mol. The van der Waals surface area contributed by atoms with Gasteiger partial charge >= 0.3 is 7.12 Å². The van der Waals surface area contributed by atoms with E-state index in [0.29, 0.717) is 0 Å². The molecule has 0 saturated carbocycles. The summed E-state index contributed by atoms with van der Waals surface area (Å²) in [5.74, 6) is 4.96. The first-order chi connectivity index (χ1) is 7.95. The first-order valence-electron chi connectivity index (χ1n) is 5.91. The van der Waals surface area contributed by atoms with Crippen LogP contribution in [0.1, 0.15) is 41.5 Å². The average Bonchev–Trinajstić information content (AvgIpc) is 2.33. The highest BCUT2D eigenvalue weighted by Crippen LogP contribution is 2.38. The third kappa shape index (κ3) is 3.58. The molecular weight excluding hydrogens is 234 g/mol. The molecule has 1 aliphatic heterocycles. The van der Waals surface area contributed by atoms with Crippen LogP contribution >= 0.6 is 0 Å². The van der Waals surface area contributed by atoms with Gasteiger partial charge in [-0.25, -0.2) is 4.39 Å². The van der Waals surface area contributed by atoms with E-state index >= 15 is 0 Å². The van der Waals surface area contributed by atoms with E-state index in [0.717, 1.165) is 6.08 Å². The normalized spacial score (nSPS) is 22.7. The predicted octanol–water partition coefficient (Wildman–Crippen LogP) is 2.25. The summed E-state index contributed by atoms with van der Waals surface area (Å²) < 4.78 is 24.8. The second-order valence-corrected chi connectivity index (χ2v) is 5.95. The highest BCUT2D eigenvalue weighted by molar-refractivity contribution is 6.53. The first kappa shape index (κ1) is 15.2. The number of hydrogen-bond donors (Lipinski definition) is 1. The molecule has 0 atom stereocenters. The van der Waals surface area contributed by atoms with Crippen molar-refractivity contribution in [2.75, 3.05) is 0 Å². The Morgan fingerprint density at radius 1 is 1.22 bits per heavy atom. The molecule has 1 fully saturated rings. The molecule has 0 aromatic carbocycles. The third-order valence-electron chi connectivity index (χ3n) is 3.07. The Kier molecular flexibility index (Phi) is 3.97. The van der Waals surface area contributed by atoms with E-state index in [9.17, 15) is 9.50 Å². The monoisotopic (exact) mass is 254 g/mol. The van der Waals surface area contributed by atoms with Crippen molar-refractivity contribution in [3.05, 3.63) is 11.8 Å². The maximum Gasteiger partial charge on any atom is 0.525 e. The van der Waals surface area contributed by atoms with Crippen molar-refractivity contribution in [2.45, 2.75) is 58.3 Å². The van der Waals surface area contributed by atoms with Gasteiger partial charge in [0.15, 0.2) is 0 Å². The summed E-state index contributed by atoms with van der Waals surface area (Å²) in [6.45, 7) is 10.5. The zero-order valence-corrected chi connectivity index (χ0v) is 11.8. The number of aliphatic hydroxyl groups is 1. The van der Waals surface area contributed by atoms with Crippen LogP contribution in [0.4, 0.5) is 4.39 Å². The van der Waals surface area contributed by atoms with E-state index in [1.54, 1.807) is 0 Å². The van der Waals surface area contributed by atoms with Gasteiger partial charge in [0.2, 0.25) is 0 Å². The van der Waals surface area contributed by atoms with E-state index in [-0.39, 0.29) is 0 Å². The van der Waals surface area contributed by atoms with Gasteiger partial charge in [0.05, 0.1) is 11.2 Å². The molecule has 1 aliphatic rings. The summed E-state index contributed by atoms with van der Waals surface area (Å²) in [7, 11) is -1.04. The Labute approximate surface area is 109 Å². The highest BCUT2D eigenvalue weighted by Gasteiger charge is 2.52. The van der Waals surface area contributed by atoms with Crippen molar-refractivity contribution >= 4 is 7.12 Å². The summed E-state index contributed by atoms with van der Waals surface area (Å²) in [6.07, 6.45) is 1.07. The molecule has 0 bridgehead atoms. The van der Waals surface area contributed by atoms with Crippen LogP contribution in [-0.4, -0.2) is 29.0 Å². The molecule has 1 N–H and O–H groups in total. The topological polar surface area (TPSA) is 38.7 Å². The van der Waals surface area contributed by atoms with Crippen LogP contribution in [0.2, 0.25) is 0 Å². The number of halogens is 1. The van der Waals surface area contributed by atoms with E-state index in [1.807, 2.05) is 27.7 Å². The predicted molar refractivity (Wildman–Crippen MR) is 69.3 cm³/mol. The molecule has 1 saturated heterocycles. The number of allylic oxidation sites excluding steroid dienone is 1. The molecular formula is C13H20BFO3. The zero-order chi connectivity index (χ0) is 14.2. The van der Waals surface area contributed by atoms with Crippen molar-refractivity contribution in [2.24, 2.45) is 0 Å². The van der Waals surface area contributed by atoms with Crippen molar-refractivity contribution in [3.8, 4) is 11.8 Å². The molecule has 0 spiro atoms. The van der Waals surface area contributed by atoms with Crippen molar-refractivity contribution in [1.29, 1.82) is 0 Å². The second kappa shape index (κ2) is 4.69. The Morgan fingerprint density at radius 2 is 1.67 bits per heavy atom. The Balaban J connectivity index is 2.79. The summed E-state index contributed by atoms with van der Waals surface area (Å²) in [5, 5.41) is 9.37. The number of hydrogen-bond acceptors (Lipinski definition) is 3. The lowest BCUT2D eigenvalue weighted by molar-refractivity contribution is 0.00578. The second-order valence-electron chi connectivity index (χ2n) is 5.95. The van der Waals surface area contributed by atoms with Gasteiger partial charge in [0.1, 0.15) is 11.3 Å². The van der Waals surface area contributed by atoms with Gasteiger partial charge in [-0.3, -0.25) is 0 Å². The van der Waals surface area contributed by atoms with Crippen LogP contribution in [0, 0.1) is 11.8 Å². The largest absolute Gasteiger partial charge is 0.525 e. The van der Waals surface area contributed by atoms with Gasteiger partial charge in [-0.05, 0) is 41.5 Å². The fraction of sp³-hybridized carbons (Fsp3) is 0.692. The minimum Gasteiger partial charge on any atom is -0.398 e. The molecule has 1 heterocycles. The Morgan fingerprint density at radius 3 is 2.06 bits per heavy atom. The molecule has 100 valence electrons. The lowest BCUT2D eigenvalue weighted by Gasteiger charge is -2.32. The maximum atomic E-state index is 13.8. The maximum absolute atomic E-state index is 13.8. The van der Waals surface area contributed by atoms with Crippen LogP contribution in [0.15, 0.2) is 11.8 Å². The Hall–Kier alpha value is -0.825. The van der Waals surface area contributed by atoms with Crippen molar-refractivity contribution in [1.82, 2.24) is 0 Å². The Bertz CT molecular complexity index is 394. The van der Waals surface area contributed by atoms with Crippen LogP contribution in [0.25, 0.3) is 0 Å². The fourth-order valence-corrected chi connectivity index (χ4v) is 1.31. The van der Waals surface area contributed by atoms with Crippen LogP contribution in [-0.2, 0) is 9.31 Å². The summed E-state index contributed by atoms with van der Waals surface area (Å²) in [6, 6.07) is 0. The van der Waals surface area contributed by atoms with Crippen molar-refractivity contribution in [3.63, 3.8) is 0 Å². The highest BCUT2D eigenvalue weighted by atomic mass is 19.1. The zero-order valence-electron chi connectivity index (χ0n) is 11.8. The fourth-order valence-electron chi connectivity index (χ4n) is 1.31. The molecule has 3 nitrogen and oxygen atoms in total. The minimum atomic E-state index is -1.15. The quantitative estimate of drug-likeness (QED) is 0.576. The lowest BCUT2D eigenvalue weighted by Crippen LogP contribution is -2.41.